The maximum Gasteiger partial charge on any atom is 0.255 e. The molecule has 0 saturated heterocycles. The number of hydrogen-bond donors (Lipinski definition) is 5. The Morgan fingerprint density at radius 2 is 1.40 bits per heavy atom. The molecule has 15 heteroatoms. The van der Waals surface area contributed by atoms with Gasteiger partial charge >= 0.3 is 0 Å². The van der Waals surface area contributed by atoms with Crippen LogP contribution in [0.5, 0.6) is 0 Å². The van der Waals surface area contributed by atoms with E-state index in [4.69, 9.17) is 14.7 Å². The lowest BCUT2D eigenvalue weighted by molar-refractivity contribution is -0.142. The molecule has 0 aliphatic carbocycles. The molecule has 0 aromatic rings. The van der Waals surface area contributed by atoms with Crippen LogP contribution in [0.2, 0.25) is 0 Å². The lowest BCUT2D eigenvalue weighted by Gasteiger charge is -2.29. The molecule has 0 bridgehead atoms. The van der Waals surface area contributed by atoms with Crippen molar-refractivity contribution >= 4 is 69.4 Å². The maximum absolute atomic E-state index is 12.4. The minimum absolute atomic E-state index is 0.00703. The molecule has 0 spiro atoms. The standard InChI is InChI=1S/C25H47I2N5O8/c1-24(2,39-5)14-17-40-25(3,4)13-16-28-18-19(30-21(34)10-12-23(36)32(27)38)8-6-7-15-29-20(33)9-11-22(35)31(26)37/h19,28,37-38H,6-18H2,1-5H3,(H,29,33)(H,30,34). The SMILES string of the molecule is COC(C)(C)CCOC(C)(C)CCNCC(CCCCNC(=O)CCC(=O)N(O)I)NC(=O)CCC(=O)N(O)I. The predicted molar refractivity (Wildman–Crippen MR) is 166 cm³/mol. The molecular weight excluding hydrogens is 752 g/mol. The molecule has 0 fully saturated rings. The zero-order chi connectivity index (χ0) is 30.8. The Bertz CT molecular complexity index is 784. The van der Waals surface area contributed by atoms with Crippen molar-refractivity contribution in [2.75, 3.05) is 33.4 Å². The van der Waals surface area contributed by atoms with E-state index >= 15 is 0 Å². The van der Waals surface area contributed by atoms with Crippen molar-refractivity contribution in [2.24, 2.45) is 0 Å². The molecule has 13 nitrogen and oxygen atoms in total. The summed E-state index contributed by atoms with van der Waals surface area (Å²) >= 11 is 2.88. The van der Waals surface area contributed by atoms with Crippen molar-refractivity contribution in [3.05, 3.63) is 0 Å². The fourth-order valence-corrected chi connectivity index (χ4v) is 3.88. The Morgan fingerprint density at radius 3 is 1.95 bits per heavy atom. The van der Waals surface area contributed by atoms with E-state index in [-0.39, 0.29) is 54.7 Å². The van der Waals surface area contributed by atoms with Gasteiger partial charge in [0.1, 0.15) is 0 Å². The van der Waals surface area contributed by atoms with E-state index in [1.165, 1.54) is 45.7 Å². The number of methoxy groups -OCH3 is 1. The van der Waals surface area contributed by atoms with E-state index in [1.807, 2.05) is 27.7 Å². The van der Waals surface area contributed by atoms with Crippen molar-refractivity contribution < 1.29 is 39.1 Å². The first-order valence-corrected chi connectivity index (χ1v) is 15.3. The van der Waals surface area contributed by atoms with Gasteiger partial charge in [-0.1, -0.05) is 0 Å². The van der Waals surface area contributed by atoms with Crippen molar-refractivity contribution in [1.29, 1.82) is 0 Å². The fourth-order valence-electron chi connectivity index (χ4n) is 3.40. The van der Waals surface area contributed by atoms with E-state index < -0.39 is 11.8 Å². The molecule has 0 rings (SSSR count). The van der Waals surface area contributed by atoms with Crippen LogP contribution >= 0.6 is 45.7 Å². The van der Waals surface area contributed by atoms with Crippen LogP contribution in [0.15, 0.2) is 0 Å². The smallest absolute Gasteiger partial charge is 0.255 e. The van der Waals surface area contributed by atoms with Gasteiger partial charge < -0.3 is 25.4 Å². The van der Waals surface area contributed by atoms with Gasteiger partial charge in [-0.15, -0.1) is 0 Å². The summed E-state index contributed by atoms with van der Waals surface area (Å²) in [6.07, 6.45) is 3.38. The first-order valence-electron chi connectivity index (χ1n) is 13.4. The molecule has 0 saturated carbocycles. The third-order valence-electron chi connectivity index (χ3n) is 6.25. The van der Waals surface area contributed by atoms with E-state index in [0.717, 1.165) is 19.3 Å². The van der Waals surface area contributed by atoms with Crippen LogP contribution in [0.4, 0.5) is 0 Å². The van der Waals surface area contributed by atoms with E-state index in [0.29, 0.717) is 45.6 Å². The molecule has 0 aliphatic heterocycles. The molecule has 0 aliphatic rings. The van der Waals surface area contributed by atoms with Gasteiger partial charge in [0.2, 0.25) is 11.8 Å². The van der Waals surface area contributed by atoms with Gasteiger partial charge in [-0.2, -0.15) is 6.55 Å². The quantitative estimate of drug-likeness (QED) is 0.0364. The normalized spacial score (nSPS) is 12.5. The van der Waals surface area contributed by atoms with Crippen LogP contribution in [0.25, 0.3) is 0 Å². The second kappa shape index (κ2) is 20.9. The zero-order valence-electron chi connectivity index (χ0n) is 24.3. The molecular formula is C25H47I2N5O8. The number of hydroxylamine groups is 2. The van der Waals surface area contributed by atoms with Gasteiger partial charge in [-0.05, 0) is 66.3 Å². The summed E-state index contributed by atoms with van der Waals surface area (Å²) in [6, 6.07) is -0.188. The number of nitrogens with one attached hydrogen (secondary N) is 3. The van der Waals surface area contributed by atoms with Crippen LogP contribution in [0.3, 0.4) is 0 Å². The monoisotopic (exact) mass is 799 g/mol. The first kappa shape index (κ1) is 39.1. The molecule has 5 N–H and O–H groups in total. The van der Waals surface area contributed by atoms with Crippen molar-refractivity contribution in [3.63, 3.8) is 0 Å². The zero-order valence-corrected chi connectivity index (χ0v) is 28.6. The topological polar surface area (TPSA) is 170 Å². The lowest BCUT2D eigenvalue weighted by Crippen LogP contribution is -2.43. The number of rotatable bonds is 22. The second-order valence-corrected chi connectivity index (χ2v) is 12.5. The number of hydrogen-bond acceptors (Lipinski definition) is 9. The van der Waals surface area contributed by atoms with Crippen molar-refractivity contribution in [3.8, 4) is 0 Å². The maximum atomic E-state index is 12.4. The molecule has 0 aromatic heterocycles. The highest BCUT2D eigenvalue weighted by Crippen LogP contribution is 2.18. The molecule has 0 aromatic carbocycles. The van der Waals surface area contributed by atoms with Gasteiger partial charge in [0.05, 0.1) is 63.5 Å². The Hall–Kier alpha value is -0.860. The highest BCUT2D eigenvalue weighted by atomic mass is 127. The molecule has 0 heterocycles. The minimum Gasteiger partial charge on any atom is -0.379 e. The molecule has 4 amide bonds. The lowest BCUT2D eigenvalue weighted by atomic mass is 10.0. The molecule has 1 unspecified atom stereocenters. The summed E-state index contributed by atoms with van der Waals surface area (Å²) in [4.78, 5) is 47.2. The second-order valence-electron chi connectivity index (χ2n) is 10.7. The molecule has 1 atom stereocenters. The predicted octanol–water partition coefficient (Wildman–Crippen LogP) is 3.04. The number of nitrogens with zero attached hydrogens (tertiary/aromatic N) is 2. The highest BCUT2D eigenvalue weighted by molar-refractivity contribution is 14.1. The van der Waals surface area contributed by atoms with Gasteiger partial charge in [-0.3, -0.25) is 29.6 Å². The number of unbranched alkanes of at least 4 members (excludes halogenated alkanes) is 1. The Kier molecular flexibility index (Phi) is 20.5. The van der Waals surface area contributed by atoms with Crippen LogP contribution in [-0.2, 0) is 28.7 Å². The third kappa shape index (κ3) is 20.9. The van der Waals surface area contributed by atoms with Gasteiger partial charge in [0.25, 0.3) is 11.8 Å². The highest BCUT2D eigenvalue weighted by Gasteiger charge is 2.22. The van der Waals surface area contributed by atoms with Gasteiger partial charge in [-0.25, -0.2) is 0 Å². The number of carbonyl (C=O) groups is 4. The largest absolute Gasteiger partial charge is 0.379 e. The molecule has 0 radical (unpaired) electrons. The summed E-state index contributed by atoms with van der Waals surface area (Å²) in [5.74, 6) is -1.65. The van der Waals surface area contributed by atoms with Crippen LogP contribution in [-0.4, -0.2) is 91.2 Å². The Balaban J connectivity index is 4.61. The Labute approximate surface area is 265 Å². The average molecular weight is 799 g/mol. The third-order valence-corrected chi connectivity index (χ3v) is 7.33. The summed E-state index contributed by atoms with van der Waals surface area (Å²) in [5.41, 5.74) is -0.574. The van der Waals surface area contributed by atoms with Gasteiger partial charge in [0, 0.05) is 51.9 Å². The number of carbonyl (C=O) groups excluding carboxylic acids is 4. The summed E-state index contributed by atoms with van der Waals surface area (Å²) < 4.78 is 12.4. The summed E-state index contributed by atoms with van der Waals surface area (Å²) in [6.45, 7) is 10.3. The Morgan fingerprint density at radius 1 is 0.825 bits per heavy atom. The summed E-state index contributed by atoms with van der Waals surface area (Å²) in [5, 5.41) is 27.3. The van der Waals surface area contributed by atoms with E-state index in [1.54, 1.807) is 7.11 Å². The number of amides is 4. The molecule has 40 heavy (non-hydrogen) atoms. The average Bonchev–Trinajstić information content (AvgIpc) is 2.87. The number of halogens is 2. The van der Waals surface area contributed by atoms with E-state index in [9.17, 15) is 24.4 Å². The van der Waals surface area contributed by atoms with Crippen LogP contribution in [0.1, 0.15) is 85.5 Å². The summed E-state index contributed by atoms with van der Waals surface area (Å²) in [7, 11) is 1.69. The van der Waals surface area contributed by atoms with Crippen molar-refractivity contribution in [2.45, 2.75) is 103 Å². The van der Waals surface area contributed by atoms with E-state index in [2.05, 4.69) is 16.0 Å². The van der Waals surface area contributed by atoms with Crippen LogP contribution in [0, 0.1) is 0 Å². The fraction of sp³-hybridized carbons (Fsp3) is 0.840. The van der Waals surface area contributed by atoms with Crippen molar-refractivity contribution in [1.82, 2.24) is 22.5 Å². The number of ether oxygens (including phenoxy) is 2. The molecule has 234 valence electrons. The minimum atomic E-state index is -0.552. The first-order chi connectivity index (χ1) is 18.6. The van der Waals surface area contributed by atoms with Crippen LogP contribution < -0.4 is 16.0 Å². The van der Waals surface area contributed by atoms with Gasteiger partial charge in [0.15, 0.2) is 0 Å².